The molecule has 1 aromatic heterocycles. The summed E-state index contributed by atoms with van der Waals surface area (Å²) < 4.78 is 56.6. The number of anilines is 1. The monoisotopic (exact) mass is 405 g/mol. The standard InChI is InChI=1S/C20H15F4N3O2/c1-12-9-18(29-11-17(28)26-16-4-2-3-15(21)10-16)27-19(25-12)13-5-7-14(8-6-13)20(22,23)24/h2-10H,11H2,1H3,(H,26,28). The SMILES string of the molecule is Cc1cc(OCC(=O)Nc2cccc(F)c2)nc(-c2ccc(C(F)(F)F)cc2)n1. The van der Waals surface area contributed by atoms with Gasteiger partial charge in [0, 0.05) is 23.0 Å². The zero-order valence-electron chi connectivity index (χ0n) is 15.1. The van der Waals surface area contributed by atoms with E-state index in [1.807, 2.05) is 0 Å². The molecule has 0 unspecified atom stereocenters. The molecule has 1 heterocycles. The molecule has 3 rings (SSSR count). The number of benzene rings is 2. The van der Waals surface area contributed by atoms with Crippen molar-refractivity contribution in [3.63, 3.8) is 0 Å². The average Bonchev–Trinajstić information content (AvgIpc) is 2.65. The summed E-state index contributed by atoms with van der Waals surface area (Å²) in [6, 6.07) is 11.3. The van der Waals surface area contributed by atoms with E-state index in [9.17, 15) is 22.4 Å². The molecule has 0 atom stereocenters. The zero-order valence-corrected chi connectivity index (χ0v) is 15.1. The summed E-state index contributed by atoms with van der Waals surface area (Å²) in [4.78, 5) is 20.3. The molecule has 0 bridgehead atoms. The number of carbonyl (C=O) groups excluding carboxylic acids is 1. The van der Waals surface area contributed by atoms with Crippen LogP contribution in [0, 0.1) is 12.7 Å². The van der Waals surface area contributed by atoms with Crippen molar-refractivity contribution in [1.29, 1.82) is 0 Å². The predicted molar refractivity (Wildman–Crippen MR) is 97.7 cm³/mol. The second-order valence-electron chi connectivity index (χ2n) is 6.09. The van der Waals surface area contributed by atoms with E-state index in [2.05, 4.69) is 15.3 Å². The first-order chi connectivity index (χ1) is 13.7. The van der Waals surface area contributed by atoms with Crippen LogP contribution in [0.25, 0.3) is 11.4 Å². The molecule has 0 spiro atoms. The van der Waals surface area contributed by atoms with Gasteiger partial charge in [-0.3, -0.25) is 4.79 Å². The lowest BCUT2D eigenvalue weighted by molar-refractivity contribution is -0.137. The highest BCUT2D eigenvalue weighted by Crippen LogP contribution is 2.30. The number of carbonyl (C=O) groups is 1. The van der Waals surface area contributed by atoms with Crippen LogP contribution >= 0.6 is 0 Å². The Hall–Kier alpha value is -3.49. The Labute approximate surface area is 163 Å². The van der Waals surface area contributed by atoms with Crippen molar-refractivity contribution < 1.29 is 27.1 Å². The van der Waals surface area contributed by atoms with Crippen molar-refractivity contribution in [2.75, 3.05) is 11.9 Å². The maximum atomic E-state index is 13.1. The molecular weight excluding hydrogens is 390 g/mol. The Morgan fingerprint density at radius 1 is 1.07 bits per heavy atom. The zero-order chi connectivity index (χ0) is 21.0. The van der Waals surface area contributed by atoms with Gasteiger partial charge in [0.1, 0.15) is 5.82 Å². The molecule has 0 saturated carbocycles. The Bertz CT molecular complexity index is 1020. The molecule has 3 aromatic rings. The lowest BCUT2D eigenvalue weighted by Crippen LogP contribution is -2.20. The minimum Gasteiger partial charge on any atom is -0.467 e. The lowest BCUT2D eigenvalue weighted by Gasteiger charge is -2.10. The van der Waals surface area contributed by atoms with E-state index in [1.165, 1.54) is 36.4 Å². The fourth-order valence-corrected chi connectivity index (χ4v) is 2.45. The van der Waals surface area contributed by atoms with Crippen LogP contribution in [0.15, 0.2) is 54.6 Å². The largest absolute Gasteiger partial charge is 0.467 e. The van der Waals surface area contributed by atoms with Crippen molar-refractivity contribution >= 4 is 11.6 Å². The number of aryl methyl sites for hydroxylation is 1. The molecule has 0 radical (unpaired) electrons. The van der Waals surface area contributed by atoms with Gasteiger partial charge in [0.15, 0.2) is 12.4 Å². The van der Waals surface area contributed by atoms with Gasteiger partial charge in [-0.1, -0.05) is 18.2 Å². The summed E-state index contributed by atoms with van der Waals surface area (Å²) in [7, 11) is 0. The van der Waals surface area contributed by atoms with Gasteiger partial charge in [-0.25, -0.2) is 9.37 Å². The number of nitrogens with zero attached hydrogens (tertiary/aromatic N) is 2. The molecular formula is C20H15F4N3O2. The molecule has 9 heteroatoms. The van der Waals surface area contributed by atoms with E-state index < -0.39 is 23.5 Å². The number of halogens is 4. The topological polar surface area (TPSA) is 64.1 Å². The summed E-state index contributed by atoms with van der Waals surface area (Å²) in [6.45, 7) is 1.27. The summed E-state index contributed by atoms with van der Waals surface area (Å²) in [6.07, 6.45) is -4.44. The first kappa shape index (κ1) is 20.2. The first-order valence-electron chi connectivity index (χ1n) is 8.42. The molecule has 0 aliphatic heterocycles. The van der Waals surface area contributed by atoms with E-state index in [0.29, 0.717) is 11.3 Å². The molecule has 5 nitrogen and oxygen atoms in total. The van der Waals surface area contributed by atoms with Crippen molar-refractivity contribution in [3.05, 3.63) is 71.7 Å². The molecule has 150 valence electrons. The lowest BCUT2D eigenvalue weighted by atomic mass is 10.1. The maximum absolute atomic E-state index is 13.1. The third-order valence-corrected chi connectivity index (χ3v) is 3.76. The van der Waals surface area contributed by atoms with E-state index in [-0.39, 0.29) is 24.0 Å². The fourth-order valence-electron chi connectivity index (χ4n) is 2.45. The van der Waals surface area contributed by atoms with Crippen LogP contribution in [0.4, 0.5) is 23.2 Å². The second-order valence-corrected chi connectivity index (χ2v) is 6.09. The van der Waals surface area contributed by atoms with E-state index in [4.69, 9.17) is 4.74 Å². The summed E-state index contributed by atoms with van der Waals surface area (Å²) in [5, 5.41) is 2.48. The van der Waals surface area contributed by atoms with Gasteiger partial charge in [0.2, 0.25) is 5.88 Å². The minimum absolute atomic E-state index is 0.0850. The summed E-state index contributed by atoms with van der Waals surface area (Å²) in [5.41, 5.74) is 0.383. The number of hydrogen-bond donors (Lipinski definition) is 1. The smallest absolute Gasteiger partial charge is 0.416 e. The number of alkyl halides is 3. The molecule has 0 fully saturated rings. The molecule has 1 amide bonds. The van der Waals surface area contributed by atoms with Gasteiger partial charge >= 0.3 is 6.18 Å². The molecule has 0 saturated heterocycles. The van der Waals surface area contributed by atoms with Gasteiger partial charge in [-0.15, -0.1) is 0 Å². The number of ether oxygens (including phenoxy) is 1. The number of aromatic nitrogens is 2. The average molecular weight is 405 g/mol. The van der Waals surface area contributed by atoms with Crippen LogP contribution < -0.4 is 10.1 Å². The summed E-state index contributed by atoms with van der Waals surface area (Å²) in [5.74, 6) is -0.764. The second kappa shape index (κ2) is 8.26. The van der Waals surface area contributed by atoms with Crippen molar-refractivity contribution in [2.24, 2.45) is 0 Å². The predicted octanol–water partition coefficient (Wildman–Crippen LogP) is 4.63. The number of hydrogen-bond acceptors (Lipinski definition) is 4. The molecule has 2 aromatic carbocycles. The van der Waals surface area contributed by atoms with Crippen LogP contribution in [0.1, 0.15) is 11.3 Å². The molecule has 0 aliphatic rings. The minimum atomic E-state index is -4.44. The number of nitrogens with one attached hydrogen (secondary N) is 1. The van der Waals surface area contributed by atoms with Gasteiger partial charge in [0.05, 0.1) is 5.56 Å². The quantitative estimate of drug-likeness (QED) is 0.629. The Morgan fingerprint density at radius 3 is 2.45 bits per heavy atom. The maximum Gasteiger partial charge on any atom is 0.416 e. The van der Waals surface area contributed by atoms with Crippen molar-refractivity contribution in [2.45, 2.75) is 13.1 Å². The highest BCUT2D eigenvalue weighted by atomic mass is 19.4. The van der Waals surface area contributed by atoms with Gasteiger partial charge in [0.25, 0.3) is 5.91 Å². The summed E-state index contributed by atoms with van der Waals surface area (Å²) >= 11 is 0. The van der Waals surface area contributed by atoms with Crippen LogP contribution in [0.5, 0.6) is 5.88 Å². The van der Waals surface area contributed by atoms with Crippen LogP contribution in [0.2, 0.25) is 0 Å². The van der Waals surface area contributed by atoms with Crippen LogP contribution in [-0.2, 0) is 11.0 Å². The third kappa shape index (κ3) is 5.50. The Kier molecular flexibility index (Phi) is 5.76. The van der Waals surface area contributed by atoms with E-state index >= 15 is 0 Å². The van der Waals surface area contributed by atoms with Crippen LogP contribution in [0.3, 0.4) is 0 Å². The Balaban J connectivity index is 1.69. The van der Waals surface area contributed by atoms with Crippen molar-refractivity contribution in [3.8, 4) is 17.3 Å². The van der Waals surface area contributed by atoms with E-state index in [1.54, 1.807) is 6.92 Å². The number of amides is 1. The van der Waals surface area contributed by atoms with E-state index in [0.717, 1.165) is 18.2 Å². The molecule has 29 heavy (non-hydrogen) atoms. The van der Waals surface area contributed by atoms with Gasteiger partial charge < -0.3 is 10.1 Å². The molecule has 1 N–H and O–H groups in total. The van der Waals surface area contributed by atoms with Crippen molar-refractivity contribution in [1.82, 2.24) is 9.97 Å². The third-order valence-electron chi connectivity index (χ3n) is 3.76. The first-order valence-corrected chi connectivity index (χ1v) is 8.42. The Morgan fingerprint density at radius 2 is 1.79 bits per heavy atom. The fraction of sp³-hybridized carbons (Fsp3) is 0.150. The van der Waals surface area contributed by atoms with Gasteiger partial charge in [-0.05, 0) is 37.3 Å². The number of rotatable bonds is 5. The van der Waals surface area contributed by atoms with Crippen LogP contribution in [-0.4, -0.2) is 22.5 Å². The highest BCUT2D eigenvalue weighted by molar-refractivity contribution is 5.91. The highest BCUT2D eigenvalue weighted by Gasteiger charge is 2.30. The van der Waals surface area contributed by atoms with Gasteiger partial charge in [-0.2, -0.15) is 18.2 Å². The normalized spacial score (nSPS) is 11.2. The molecule has 0 aliphatic carbocycles.